The van der Waals surface area contributed by atoms with Gasteiger partial charge in [0.25, 0.3) is 0 Å². The van der Waals surface area contributed by atoms with Crippen LogP contribution < -0.4 is 10.5 Å². The van der Waals surface area contributed by atoms with Crippen molar-refractivity contribution < 1.29 is 22.7 Å². The van der Waals surface area contributed by atoms with Crippen molar-refractivity contribution in [3.63, 3.8) is 0 Å². The molecule has 0 saturated heterocycles. The molecule has 0 heterocycles. The molecule has 0 saturated carbocycles. The zero-order valence-corrected chi connectivity index (χ0v) is 7.76. The number of anilines is 1. The van der Waals surface area contributed by atoms with Crippen molar-refractivity contribution in [2.24, 2.45) is 0 Å². The van der Waals surface area contributed by atoms with Crippen molar-refractivity contribution in [2.75, 3.05) is 5.73 Å². The van der Waals surface area contributed by atoms with Gasteiger partial charge in [0.15, 0.2) is 11.5 Å². The zero-order valence-electron chi connectivity index (χ0n) is 7.76. The van der Waals surface area contributed by atoms with Gasteiger partial charge in [-0.05, 0) is 25.1 Å². The van der Waals surface area contributed by atoms with Crippen molar-refractivity contribution in [3.05, 3.63) is 23.8 Å². The van der Waals surface area contributed by atoms with Gasteiger partial charge in [-0.25, -0.2) is 0 Å². The van der Waals surface area contributed by atoms with E-state index < -0.39 is 12.1 Å². The Morgan fingerprint density at radius 3 is 2.47 bits per heavy atom. The number of nitrogens with two attached hydrogens (primary N) is 1. The van der Waals surface area contributed by atoms with E-state index in [0.29, 0.717) is 0 Å². The minimum absolute atomic E-state index is 0.114. The molecule has 1 aromatic rings. The first kappa shape index (κ1) is 11.4. The Balaban J connectivity index is 3.06. The Kier molecular flexibility index (Phi) is 2.88. The summed E-state index contributed by atoms with van der Waals surface area (Å²) in [5.74, 6) is -0.919. The van der Waals surface area contributed by atoms with E-state index in [0.717, 1.165) is 6.07 Å². The molecule has 0 radical (unpaired) electrons. The van der Waals surface area contributed by atoms with Crippen molar-refractivity contribution in [2.45, 2.75) is 13.3 Å². The molecule has 0 aliphatic rings. The first-order chi connectivity index (χ1) is 6.79. The smallest absolute Gasteiger partial charge is 0.404 e. The second-order valence-electron chi connectivity index (χ2n) is 2.86. The van der Waals surface area contributed by atoms with Gasteiger partial charge in [-0.2, -0.15) is 0 Å². The highest BCUT2D eigenvalue weighted by atomic mass is 19.4. The van der Waals surface area contributed by atoms with Gasteiger partial charge in [0.2, 0.25) is 0 Å². The minimum Gasteiger partial charge on any atom is -0.404 e. The molecule has 1 aromatic carbocycles. The maximum atomic E-state index is 11.9. The number of carbonyl (C=O) groups excluding carboxylic acids is 1. The molecule has 0 aliphatic heterocycles. The molecule has 0 amide bonds. The number of ketones is 1. The number of rotatable bonds is 2. The van der Waals surface area contributed by atoms with Gasteiger partial charge >= 0.3 is 6.36 Å². The fraction of sp³-hybridized carbons (Fsp3) is 0.222. The van der Waals surface area contributed by atoms with Crippen LogP contribution in [0.1, 0.15) is 17.3 Å². The van der Waals surface area contributed by atoms with Gasteiger partial charge in [0.1, 0.15) is 0 Å². The highest BCUT2D eigenvalue weighted by molar-refractivity contribution is 5.95. The number of carbonyl (C=O) groups is 1. The summed E-state index contributed by atoms with van der Waals surface area (Å²) in [7, 11) is 0. The largest absolute Gasteiger partial charge is 0.573 e. The van der Waals surface area contributed by atoms with Gasteiger partial charge in [0.05, 0.1) is 5.69 Å². The lowest BCUT2D eigenvalue weighted by atomic mass is 10.1. The zero-order chi connectivity index (χ0) is 11.6. The predicted molar refractivity (Wildman–Crippen MR) is 47.5 cm³/mol. The molecule has 0 bridgehead atoms. The third-order valence-corrected chi connectivity index (χ3v) is 1.65. The van der Waals surface area contributed by atoms with Crippen LogP contribution in [0.25, 0.3) is 0 Å². The number of halogens is 3. The SMILES string of the molecule is CC(=O)c1ccc(N)c(OC(F)(F)F)c1. The maximum absolute atomic E-state index is 11.9. The molecule has 0 spiro atoms. The summed E-state index contributed by atoms with van der Waals surface area (Å²) in [6.45, 7) is 1.24. The Morgan fingerprint density at radius 1 is 1.40 bits per heavy atom. The van der Waals surface area contributed by atoms with E-state index in [9.17, 15) is 18.0 Å². The first-order valence-corrected chi connectivity index (χ1v) is 3.96. The van der Waals surface area contributed by atoms with Gasteiger partial charge in [0, 0.05) is 5.56 Å². The molecule has 1 rings (SSSR count). The average molecular weight is 219 g/mol. The molecule has 0 aliphatic carbocycles. The average Bonchev–Trinajstić information content (AvgIpc) is 2.06. The van der Waals surface area contributed by atoms with Crippen LogP contribution in [-0.2, 0) is 0 Å². The minimum atomic E-state index is -4.82. The van der Waals surface area contributed by atoms with Crippen molar-refractivity contribution in [1.29, 1.82) is 0 Å². The lowest BCUT2D eigenvalue weighted by Gasteiger charge is -2.11. The van der Waals surface area contributed by atoms with Gasteiger partial charge in [-0.3, -0.25) is 4.79 Å². The Bertz CT molecular complexity index is 387. The van der Waals surface area contributed by atoms with E-state index in [1.54, 1.807) is 0 Å². The van der Waals surface area contributed by atoms with Crippen LogP contribution >= 0.6 is 0 Å². The topological polar surface area (TPSA) is 52.3 Å². The highest BCUT2D eigenvalue weighted by Gasteiger charge is 2.32. The molecule has 6 heteroatoms. The lowest BCUT2D eigenvalue weighted by molar-refractivity contribution is -0.274. The number of nitrogen functional groups attached to an aromatic ring is 1. The van der Waals surface area contributed by atoms with Crippen LogP contribution in [0.15, 0.2) is 18.2 Å². The molecule has 15 heavy (non-hydrogen) atoms. The second kappa shape index (κ2) is 3.80. The van der Waals surface area contributed by atoms with Gasteiger partial charge in [-0.1, -0.05) is 0 Å². The third kappa shape index (κ3) is 3.16. The van der Waals surface area contributed by atoms with Crippen LogP contribution in [0.5, 0.6) is 5.75 Å². The van der Waals surface area contributed by atoms with Gasteiger partial charge < -0.3 is 10.5 Å². The number of hydrogen-bond acceptors (Lipinski definition) is 3. The lowest BCUT2D eigenvalue weighted by Crippen LogP contribution is -2.18. The highest BCUT2D eigenvalue weighted by Crippen LogP contribution is 2.29. The van der Waals surface area contributed by atoms with Crippen molar-refractivity contribution >= 4 is 11.5 Å². The molecule has 82 valence electrons. The number of ether oxygens (including phenoxy) is 1. The van der Waals surface area contributed by atoms with Crippen LogP contribution in [-0.4, -0.2) is 12.1 Å². The Morgan fingerprint density at radius 2 is 2.00 bits per heavy atom. The van der Waals surface area contributed by atoms with E-state index >= 15 is 0 Å². The van der Waals surface area contributed by atoms with Crippen LogP contribution in [0.2, 0.25) is 0 Å². The van der Waals surface area contributed by atoms with E-state index in [1.165, 1.54) is 19.1 Å². The number of Topliss-reactive ketones (excluding diaryl/α,β-unsaturated/α-hetero) is 1. The van der Waals surface area contributed by atoms with E-state index in [2.05, 4.69) is 4.74 Å². The summed E-state index contributed by atoms with van der Waals surface area (Å²) in [4.78, 5) is 10.9. The fourth-order valence-corrected chi connectivity index (χ4v) is 0.966. The molecular weight excluding hydrogens is 211 g/mol. The first-order valence-electron chi connectivity index (χ1n) is 3.96. The molecule has 2 N–H and O–H groups in total. The van der Waals surface area contributed by atoms with Gasteiger partial charge in [-0.15, -0.1) is 13.2 Å². The number of alkyl halides is 3. The summed E-state index contributed by atoms with van der Waals surface area (Å²) in [5, 5.41) is 0. The second-order valence-corrected chi connectivity index (χ2v) is 2.86. The summed E-state index contributed by atoms with van der Waals surface area (Å²) in [6.07, 6.45) is -4.82. The summed E-state index contributed by atoms with van der Waals surface area (Å²) < 4.78 is 39.3. The van der Waals surface area contributed by atoms with Crippen LogP contribution in [0.4, 0.5) is 18.9 Å². The van der Waals surface area contributed by atoms with E-state index in [-0.39, 0.29) is 17.0 Å². The van der Waals surface area contributed by atoms with Crippen LogP contribution in [0, 0.1) is 0 Å². The van der Waals surface area contributed by atoms with E-state index in [4.69, 9.17) is 5.73 Å². The maximum Gasteiger partial charge on any atom is 0.573 e. The standard InChI is InChI=1S/C9H8F3NO2/c1-5(14)6-2-3-7(13)8(4-6)15-9(10,11)12/h2-4H,13H2,1H3. The van der Waals surface area contributed by atoms with Crippen LogP contribution in [0.3, 0.4) is 0 Å². The molecule has 3 nitrogen and oxygen atoms in total. The fourth-order valence-electron chi connectivity index (χ4n) is 0.966. The molecule has 0 fully saturated rings. The summed E-state index contributed by atoms with van der Waals surface area (Å²) in [6, 6.07) is 3.49. The third-order valence-electron chi connectivity index (χ3n) is 1.65. The van der Waals surface area contributed by atoms with Crippen molar-refractivity contribution in [3.8, 4) is 5.75 Å². The van der Waals surface area contributed by atoms with Crippen molar-refractivity contribution in [1.82, 2.24) is 0 Å². The Hall–Kier alpha value is -1.72. The summed E-state index contributed by atoms with van der Waals surface area (Å²) in [5.41, 5.74) is 5.21. The molecule has 0 atom stereocenters. The molecular formula is C9H8F3NO2. The normalized spacial score (nSPS) is 11.2. The number of hydrogen-bond donors (Lipinski definition) is 1. The summed E-state index contributed by atoms with van der Waals surface area (Å²) >= 11 is 0. The van der Waals surface area contributed by atoms with E-state index in [1.807, 2.05) is 0 Å². The number of benzene rings is 1. The predicted octanol–water partition coefficient (Wildman–Crippen LogP) is 2.37. The molecule has 0 aromatic heterocycles. The quantitative estimate of drug-likeness (QED) is 0.613. The monoisotopic (exact) mass is 219 g/mol. The molecule has 0 unspecified atom stereocenters. The Labute approximate surface area is 83.6 Å².